The number of aromatic nitrogens is 2. The van der Waals surface area contributed by atoms with E-state index < -0.39 is 5.91 Å². The Morgan fingerprint density at radius 3 is 2.57 bits per heavy atom. The Morgan fingerprint density at radius 2 is 1.89 bits per heavy atom. The molecule has 0 saturated carbocycles. The van der Waals surface area contributed by atoms with Crippen LogP contribution in [0.1, 0.15) is 47.7 Å². The Kier molecular flexibility index (Phi) is 6.72. The van der Waals surface area contributed by atoms with Crippen molar-refractivity contribution >= 4 is 29.3 Å². The lowest BCUT2D eigenvalue weighted by atomic mass is 9.90. The third kappa shape index (κ3) is 5.02. The van der Waals surface area contributed by atoms with Crippen LogP contribution in [0.5, 0.6) is 0 Å². The van der Waals surface area contributed by atoms with E-state index in [9.17, 15) is 9.59 Å². The third-order valence-electron chi connectivity index (χ3n) is 7.39. The largest absolute Gasteiger partial charge is 0.364 e. The second-order valence-corrected chi connectivity index (χ2v) is 9.70. The Balaban J connectivity index is 1.33. The molecule has 35 heavy (non-hydrogen) atoms. The number of carbonyl (C=O) groups is 2. The monoisotopic (exact) mass is 478 g/mol. The number of primary amides is 1. The molecule has 1 atom stereocenters. The van der Waals surface area contributed by atoms with E-state index in [1.165, 1.54) is 5.56 Å². The average molecular weight is 479 g/mol. The number of hydrogen-bond donors (Lipinski definition) is 3. The zero-order valence-corrected chi connectivity index (χ0v) is 20.2. The molecule has 1 aromatic heterocycles. The van der Waals surface area contributed by atoms with Crippen LogP contribution in [0.3, 0.4) is 0 Å². The lowest BCUT2D eigenvalue weighted by molar-refractivity contribution is 0.0996. The van der Waals surface area contributed by atoms with Crippen molar-refractivity contribution in [3.63, 3.8) is 0 Å². The molecule has 3 amide bonds. The number of nitrogens with zero attached hydrogens (tertiary/aromatic N) is 5. The van der Waals surface area contributed by atoms with E-state index in [1.807, 2.05) is 24.1 Å². The Labute approximate surface area is 205 Å². The summed E-state index contributed by atoms with van der Waals surface area (Å²) in [6, 6.07) is 8.53. The van der Waals surface area contributed by atoms with Gasteiger partial charge in [-0.05, 0) is 62.4 Å². The highest BCUT2D eigenvalue weighted by Crippen LogP contribution is 2.29. The van der Waals surface area contributed by atoms with Crippen LogP contribution in [-0.4, -0.2) is 84.1 Å². The molecule has 5 rings (SSSR count). The number of rotatable bonds is 6. The van der Waals surface area contributed by atoms with Gasteiger partial charge in [-0.1, -0.05) is 12.1 Å². The second-order valence-electron chi connectivity index (χ2n) is 9.70. The molecule has 0 bridgehead atoms. The molecule has 4 heterocycles. The fourth-order valence-corrected chi connectivity index (χ4v) is 5.35. The van der Waals surface area contributed by atoms with Crippen molar-refractivity contribution < 1.29 is 9.59 Å². The van der Waals surface area contributed by atoms with Crippen LogP contribution in [0.2, 0.25) is 0 Å². The smallest absolute Gasteiger partial charge is 0.320 e. The summed E-state index contributed by atoms with van der Waals surface area (Å²) in [5, 5.41) is 6.66. The number of benzene rings is 1. The van der Waals surface area contributed by atoms with E-state index in [2.05, 4.69) is 32.7 Å². The molecule has 0 unspecified atom stereocenters. The molecule has 0 spiro atoms. The van der Waals surface area contributed by atoms with Crippen LogP contribution in [0.25, 0.3) is 0 Å². The predicted molar refractivity (Wildman–Crippen MR) is 135 cm³/mol. The summed E-state index contributed by atoms with van der Waals surface area (Å²) in [7, 11) is 1.84. The maximum atomic E-state index is 12.5. The van der Waals surface area contributed by atoms with Crippen LogP contribution in [0.4, 0.5) is 22.1 Å². The van der Waals surface area contributed by atoms with Crippen molar-refractivity contribution in [3.8, 4) is 0 Å². The fourth-order valence-electron chi connectivity index (χ4n) is 5.35. The third-order valence-corrected chi connectivity index (χ3v) is 7.39. The van der Waals surface area contributed by atoms with Crippen molar-refractivity contribution in [2.24, 2.45) is 5.73 Å². The van der Waals surface area contributed by atoms with E-state index in [1.54, 1.807) is 11.1 Å². The SMILES string of the molecule is CN1CCN([C@@H]2CCCN(c3cnc(C(N)=O)c(Nc4ccc(C5CCNCC5)cc4)n3)C2)C1=O. The summed E-state index contributed by atoms with van der Waals surface area (Å²) in [6.07, 6.45) is 5.81. The first-order valence-electron chi connectivity index (χ1n) is 12.5. The molecule has 3 aliphatic heterocycles. The number of nitrogens with one attached hydrogen (secondary N) is 2. The lowest BCUT2D eigenvalue weighted by Gasteiger charge is -2.37. The van der Waals surface area contributed by atoms with Crippen LogP contribution in [-0.2, 0) is 0 Å². The maximum absolute atomic E-state index is 12.5. The normalized spacial score (nSPS) is 21.5. The molecule has 3 fully saturated rings. The van der Waals surface area contributed by atoms with Crippen molar-refractivity contribution in [1.82, 2.24) is 25.1 Å². The Bertz CT molecular complexity index is 1070. The van der Waals surface area contributed by atoms with Gasteiger partial charge in [0.2, 0.25) is 0 Å². The number of urea groups is 1. The van der Waals surface area contributed by atoms with Gasteiger partial charge in [0.05, 0.1) is 12.2 Å². The molecule has 3 saturated heterocycles. The Hall–Kier alpha value is -3.40. The van der Waals surface area contributed by atoms with Gasteiger partial charge in [0.1, 0.15) is 5.82 Å². The van der Waals surface area contributed by atoms with Gasteiger partial charge in [-0.15, -0.1) is 0 Å². The van der Waals surface area contributed by atoms with Crippen molar-refractivity contribution in [3.05, 3.63) is 41.7 Å². The Morgan fingerprint density at radius 1 is 1.11 bits per heavy atom. The van der Waals surface area contributed by atoms with Crippen molar-refractivity contribution in [2.75, 3.05) is 56.5 Å². The molecule has 10 heteroatoms. The minimum absolute atomic E-state index is 0.0855. The number of likely N-dealkylation sites (N-methyl/N-ethyl adjacent to an activating group) is 1. The van der Waals surface area contributed by atoms with Gasteiger partial charge in [0.15, 0.2) is 11.5 Å². The molecular weight excluding hydrogens is 444 g/mol. The molecule has 2 aromatic rings. The topological polar surface area (TPSA) is 120 Å². The van der Waals surface area contributed by atoms with Gasteiger partial charge in [-0.2, -0.15) is 0 Å². The number of piperidine rings is 2. The first-order chi connectivity index (χ1) is 17.0. The van der Waals surface area contributed by atoms with Crippen LogP contribution < -0.4 is 21.3 Å². The zero-order chi connectivity index (χ0) is 24.4. The van der Waals surface area contributed by atoms with Crippen molar-refractivity contribution in [2.45, 2.75) is 37.6 Å². The zero-order valence-electron chi connectivity index (χ0n) is 20.2. The van der Waals surface area contributed by atoms with E-state index >= 15 is 0 Å². The van der Waals surface area contributed by atoms with Crippen LogP contribution in [0, 0.1) is 0 Å². The molecule has 10 nitrogen and oxygen atoms in total. The van der Waals surface area contributed by atoms with Gasteiger partial charge in [0, 0.05) is 38.9 Å². The maximum Gasteiger partial charge on any atom is 0.320 e. The molecule has 186 valence electrons. The average Bonchev–Trinajstić information content (AvgIpc) is 3.23. The second kappa shape index (κ2) is 10.1. The van der Waals surface area contributed by atoms with Gasteiger partial charge in [0.25, 0.3) is 5.91 Å². The first kappa shape index (κ1) is 23.3. The number of carbonyl (C=O) groups excluding carboxylic acids is 2. The molecule has 1 aromatic carbocycles. The summed E-state index contributed by atoms with van der Waals surface area (Å²) in [4.78, 5) is 39.5. The summed E-state index contributed by atoms with van der Waals surface area (Å²) in [5.41, 5.74) is 7.87. The summed E-state index contributed by atoms with van der Waals surface area (Å²) in [6.45, 7) is 5.12. The molecule has 4 N–H and O–H groups in total. The summed E-state index contributed by atoms with van der Waals surface area (Å²) < 4.78 is 0. The first-order valence-corrected chi connectivity index (χ1v) is 12.5. The minimum Gasteiger partial charge on any atom is -0.364 e. The molecule has 0 aliphatic carbocycles. The lowest BCUT2D eigenvalue weighted by Crippen LogP contribution is -2.49. The predicted octanol–water partition coefficient (Wildman–Crippen LogP) is 2.12. The quantitative estimate of drug-likeness (QED) is 0.582. The molecule has 3 aliphatic rings. The molecular formula is C25H34N8O2. The van der Waals surface area contributed by atoms with Gasteiger partial charge >= 0.3 is 6.03 Å². The van der Waals surface area contributed by atoms with E-state index in [0.29, 0.717) is 24.1 Å². The van der Waals surface area contributed by atoms with Gasteiger partial charge in [-0.3, -0.25) is 4.79 Å². The highest BCUT2D eigenvalue weighted by Gasteiger charge is 2.34. The highest BCUT2D eigenvalue weighted by atomic mass is 16.2. The van der Waals surface area contributed by atoms with Gasteiger partial charge < -0.3 is 31.1 Å². The van der Waals surface area contributed by atoms with Crippen LogP contribution >= 0.6 is 0 Å². The summed E-state index contributed by atoms with van der Waals surface area (Å²) >= 11 is 0. The van der Waals surface area contributed by atoms with Crippen molar-refractivity contribution in [1.29, 1.82) is 0 Å². The van der Waals surface area contributed by atoms with E-state index in [4.69, 9.17) is 10.7 Å². The van der Waals surface area contributed by atoms with E-state index in [0.717, 1.165) is 64.1 Å². The minimum atomic E-state index is -0.625. The number of anilines is 3. The van der Waals surface area contributed by atoms with Gasteiger partial charge in [-0.25, -0.2) is 14.8 Å². The summed E-state index contributed by atoms with van der Waals surface area (Å²) in [5.74, 6) is 0.973. The number of hydrogen-bond acceptors (Lipinski definition) is 7. The molecule has 0 radical (unpaired) electrons. The highest BCUT2D eigenvalue weighted by molar-refractivity contribution is 5.96. The van der Waals surface area contributed by atoms with E-state index in [-0.39, 0.29) is 17.8 Å². The fraction of sp³-hybridized carbons (Fsp3) is 0.520. The number of amides is 3. The van der Waals surface area contributed by atoms with Crippen LogP contribution in [0.15, 0.2) is 30.5 Å². The number of nitrogens with two attached hydrogens (primary N) is 1. The standard InChI is InChI=1S/C25H34N8O2/c1-31-13-14-33(25(31)35)20-3-2-12-32(16-20)21-15-28-22(23(26)34)24(30-21)29-19-6-4-17(5-7-19)18-8-10-27-11-9-18/h4-7,15,18,20,27H,2-3,8-14,16H2,1H3,(H2,26,34)(H,29,30)/t20-/m1/s1.